The molecule has 0 bridgehead atoms. The summed E-state index contributed by atoms with van der Waals surface area (Å²) < 4.78 is 10.9. The van der Waals surface area contributed by atoms with Crippen LogP contribution < -0.4 is 5.32 Å². The second-order valence-corrected chi connectivity index (χ2v) is 6.03. The van der Waals surface area contributed by atoms with Gasteiger partial charge in [-0.15, -0.1) is 0 Å². The summed E-state index contributed by atoms with van der Waals surface area (Å²) in [6, 6.07) is 1.22. The van der Waals surface area contributed by atoms with Crippen molar-refractivity contribution >= 4 is 0 Å². The molecule has 1 N–H and O–H groups in total. The molecule has 2 atom stereocenters. The van der Waals surface area contributed by atoms with E-state index in [0.29, 0.717) is 17.5 Å². The smallest absolute Gasteiger partial charge is 0.0615 e. The monoisotopic (exact) mass is 255 g/mol. The highest BCUT2D eigenvalue weighted by Crippen LogP contribution is 2.46. The van der Waals surface area contributed by atoms with Gasteiger partial charge in [0.2, 0.25) is 0 Å². The van der Waals surface area contributed by atoms with Crippen molar-refractivity contribution in [3.63, 3.8) is 0 Å². The van der Waals surface area contributed by atoms with Crippen LogP contribution in [0.15, 0.2) is 0 Å². The van der Waals surface area contributed by atoms with Crippen LogP contribution in [0, 0.1) is 5.41 Å². The van der Waals surface area contributed by atoms with Crippen molar-refractivity contribution in [2.45, 2.75) is 64.0 Å². The van der Waals surface area contributed by atoms with Crippen molar-refractivity contribution in [3.8, 4) is 0 Å². The molecule has 2 rings (SSSR count). The lowest BCUT2D eigenvalue weighted by Crippen LogP contribution is -2.49. The summed E-state index contributed by atoms with van der Waals surface area (Å²) in [6.07, 6.45) is 9.04. The first-order chi connectivity index (χ1) is 8.80. The van der Waals surface area contributed by atoms with Gasteiger partial charge in [-0.05, 0) is 37.5 Å². The lowest BCUT2D eigenvalue weighted by Gasteiger charge is -2.41. The third-order valence-corrected chi connectivity index (χ3v) is 4.84. The van der Waals surface area contributed by atoms with Crippen molar-refractivity contribution in [2.75, 3.05) is 26.9 Å². The molecule has 106 valence electrons. The Hall–Kier alpha value is -0.120. The van der Waals surface area contributed by atoms with E-state index in [4.69, 9.17) is 9.47 Å². The quantitative estimate of drug-likeness (QED) is 0.791. The molecule has 0 amide bonds. The standard InChI is InChI=1S/C15H29NO2/c1-3-5-13(12-17-2)16-14-6-4-7-15(14)8-10-18-11-9-15/h13-14,16H,3-12H2,1-2H3. The van der Waals surface area contributed by atoms with E-state index in [9.17, 15) is 0 Å². The third-order valence-electron chi connectivity index (χ3n) is 4.84. The van der Waals surface area contributed by atoms with Crippen LogP contribution in [0.2, 0.25) is 0 Å². The summed E-state index contributed by atoms with van der Waals surface area (Å²) in [6.45, 7) is 5.02. The Labute approximate surface area is 112 Å². The van der Waals surface area contributed by atoms with Gasteiger partial charge < -0.3 is 14.8 Å². The van der Waals surface area contributed by atoms with E-state index in [2.05, 4.69) is 12.2 Å². The van der Waals surface area contributed by atoms with Crippen molar-refractivity contribution in [3.05, 3.63) is 0 Å². The second-order valence-electron chi connectivity index (χ2n) is 6.03. The van der Waals surface area contributed by atoms with Crippen LogP contribution in [-0.2, 0) is 9.47 Å². The van der Waals surface area contributed by atoms with E-state index in [1.165, 1.54) is 44.9 Å². The summed E-state index contributed by atoms with van der Waals surface area (Å²) in [5.41, 5.74) is 0.526. The third kappa shape index (κ3) is 3.25. The van der Waals surface area contributed by atoms with Gasteiger partial charge in [0.25, 0.3) is 0 Å². The van der Waals surface area contributed by atoms with Gasteiger partial charge >= 0.3 is 0 Å². The molecule has 0 aromatic carbocycles. The Morgan fingerprint density at radius 3 is 2.78 bits per heavy atom. The van der Waals surface area contributed by atoms with Gasteiger partial charge in [0.1, 0.15) is 0 Å². The first-order valence-electron chi connectivity index (χ1n) is 7.63. The zero-order chi connectivity index (χ0) is 12.8. The minimum atomic E-state index is 0.526. The maximum absolute atomic E-state index is 5.55. The summed E-state index contributed by atoms with van der Waals surface area (Å²) in [7, 11) is 1.81. The highest BCUT2D eigenvalue weighted by atomic mass is 16.5. The van der Waals surface area contributed by atoms with Crippen molar-refractivity contribution in [1.29, 1.82) is 0 Å². The van der Waals surface area contributed by atoms with Gasteiger partial charge in [-0.3, -0.25) is 0 Å². The van der Waals surface area contributed by atoms with Crippen LogP contribution in [0.5, 0.6) is 0 Å². The van der Waals surface area contributed by atoms with Gasteiger partial charge in [0.05, 0.1) is 6.61 Å². The van der Waals surface area contributed by atoms with Gasteiger partial charge in [-0.2, -0.15) is 0 Å². The molecule has 1 aliphatic heterocycles. The molecule has 1 aliphatic carbocycles. The van der Waals surface area contributed by atoms with Crippen LogP contribution in [0.3, 0.4) is 0 Å². The van der Waals surface area contributed by atoms with Crippen LogP contribution in [0.1, 0.15) is 51.9 Å². The maximum atomic E-state index is 5.55. The fourth-order valence-corrected chi connectivity index (χ4v) is 3.82. The largest absolute Gasteiger partial charge is 0.383 e. The second kappa shape index (κ2) is 6.88. The van der Waals surface area contributed by atoms with Crippen LogP contribution in [0.4, 0.5) is 0 Å². The molecule has 3 nitrogen and oxygen atoms in total. The highest BCUT2D eigenvalue weighted by molar-refractivity contribution is 4.98. The van der Waals surface area contributed by atoms with E-state index in [1.54, 1.807) is 0 Å². The Balaban J connectivity index is 1.93. The summed E-state index contributed by atoms with van der Waals surface area (Å²) >= 11 is 0. The predicted molar refractivity (Wildman–Crippen MR) is 73.8 cm³/mol. The number of hydrogen-bond donors (Lipinski definition) is 1. The molecule has 1 spiro atoms. The van der Waals surface area contributed by atoms with Crippen LogP contribution >= 0.6 is 0 Å². The molecule has 2 aliphatic rings. The van der Waals surface area contributed by atoms with Gasteiger partial charge in [-0.1, -0.05) is 19.8 Å². The lowest BCUT2D eigenvalue weighted by molar-refractivity contribution is 0.000122. The molecule has 0 aromatic heterocycles. The van der Waals surface area contributed by atoms with E-state index >= 15 is 0 Å². The Morgan fingerprint density at radius 2 is 2.11 bits per heavy atom. The van der Waals surface area contributed by atoms with Crippen molar-refractivity contribution in [1.82, 2.24) is 5.32 Å². The Morgan fingerprint density at radius 1 is 1.33 bits per heavy atom. The molecular weight excluding hydrogens is 226 g/mol. The summed E-state index contributed by atoms with van der Waals surface area (Å²) in [5.74, 6) is 0. The summed E-state index contributed by atoms with van der Waals surface area (Å²) in [5, 5.41) is 3.90. The first kappa shape index (κ1) is 14.3. The number of ether oxygens (including phenoxy) is 2. The molecule has 18 heavy (non-hydrogen) atoms. The molecule has 3 heteroatoms. The van der Waals surface area contributed by atoms with E-state index in [-0.39, 0.29) is 0 Å². The van der Waals surface area contributed by atoms with Gasteiger partial charge in [-0.25, -0.2) is 0 Å². The number of nitrogens with one attached hydrogen (secondary N) is 1. The molecule has 1 saturated carbocycles. The Kier molecular flexibility index (Phi) is 5.46. The fourth-order valence-electron chi connectivity index (χ4n) is 3.82. The van der Waals surface area contributed by atoms with E-state index < -0.39 is 0 Å². The van der Waals surface area contributed by atoms with Crippen LogP contribution in [0.25, 0.3) is 0 Å². The highest BCUT2D eigenvalue weighted by Gasteiger charge is 2.44. The molecule has 2 unspecified atom stereocenters. The van der Waals surface area contributed by atoms with Gasteiger partial charge in [0.15, 0.2) is 0 Å². The minimum Gasteiger partial charge on any atom is -0.383 e. The average Bonchev–Trinajstić information content (AvgIpc) is 2.74. The zero-order valence-corrected chi connectivity index (χ0v) is 12.0. The first-order valence-corrected chi connectivity index (χ1v) is 7.63. The normalized spacial score (nSPS) is 28.7. The van der Waals surface area contributed by atoms with Crippen molar-refractivity contribution in [2.24, 2.45) is 5.41 Å². The molecule has 0 aromatic rings. The molecule has 0 radical (unpaired) electrons. The molecule has 1 heterocycles. The fraction of sp³-hybridized carbons (Fsp3) is 1.00. The van der Waals surface area contributed by atoms with E-state index in [1.807, 2.05) is 7.11 Å². The number of rotatable bonds is 6. The SMILES string of the molecule is CCCC(COC)NC1CCCC12CCOCC2. The average molecular weight is 255 g/mol. The predicted octanol–water partition coefficient (Wildman–Crippen LogP) is 2.74. The minimum absolute atomic E-state index is 0.526. The maximum Gasteiger partial charge on any atom is 0.0615 e. The number of hydrogen-bond acceptors (Lipinski definition) is 3. The van der Waals surface area contributed by atoms with Crippen molar-refractivity contribution < 1.29 is 9.47 Å². The topological polar surface area (TPSA) is 30.5 Å². The zero-order valence-electron chi connectivity index (χ0n) is 12.0. The summed E-state index contributed by atoms with van der Waals surface area (Å²) in [4.78, 5) is 0. The van der Waals surface area contributed by atoms with Gasteiger partial charge in [0, 0.05) is 32.4 Å². The lowest BCUT2D eigenvalue weighted by atomic mass is 9.75. The van der Waals surface area contributed by atoms with E-state index in [0.717, 1.165) is 19.8 Å². The molecular formula is C15H29NO2. The number of methoxy groups -OCH3 is 1. The Bertz CT molecular complexity index is 233. The molecule has 1 saturated heterocycles. The van der Waals surface area contributed by atoms with Crippen LogP contribution in [-0.4, -0.2) is 39.0 Å². The molecule has 2 fully saturated rings.